The number of guanidine groups is 1. The minimum absolute atomic E-state index is 0. The van der Waals surface area contributed by atoms with Crippen LogP contribution in [0.15, 0.2) is 4.99 Å². The lowest BCUT2D eigenvalue weighted by atomic mass is 9.99. The predicted octanol–water partition coefficient (Wildman–Crippen LogP) is 2.02. The molecule has 2 heterocycles. The number of methoxy groups -OCH3 is 1. The molecule has 1 N–H and O–H groups in total. The lowest BCUT2D eigenvalue weighted by Gasteiger charge is -2.34. The molecule has 6 heteroatoms. The Morgan fingerprint density at radius 1 is 1.23 bits per heavy atom. The van der Waals surface area contributed by atoms with Crippen molar-refractivity contribution in [3.05, 3.63) is 0 Å². The van der Waals surface area contributed by atoms with E-state index in [9.17, 15) is 0 Å². The van der Waals surface area contributed by atoms with Crippen LogP contribution in [0.4, 0.5) is 0 Å². The summed E-state index contributed by atoms with van der Waals surface area (Å²) < 4.78 is 5.21. The van der Waals surface area contributed by atoms with Crippen molar-refractivity contribution in [2.75, 3.05) is 53.5 Å². The summed E-state index contributed by atoms with van der Waals surface area (Å²) in [6, 6.07) is 0.626. The van der Waals surface area contributed by atoms with Gasteiger partial charge in [-0.05, 0) is 38.1 Å². The van der Waals surface area contributed by atoms with Crippen LogP contribution in [-0.4, -0.2) is 75.3 Å². The van der Waals surface area contributed by atoms with Gasteiger partial charge in [0.25, 0.3) is 0 Å². The van der Waals surface area contributed by atoms with Gasteiger partial charge in [0.1, 0.15) is 0 Å². The van der Waals surface area contributed by atoms with Crippen LogP contribution >= 0.6 is 24.0 Å². The Balaban J connectivity index is 0.00000242. The number of nitrogens with zero attached hydrogens (tertiary/aromatic N) is 3. The lowest BCUT2D eigenvalue weighted by Crippen LogP contribution is -2.49. The van der Waals surface area contributed by atoms with Gasteiger partial charge in [0.15, 0.2) is 5.96 Å². The number of piperidine rings is 1. The maximum atomic E-state index is 5.21. The van der Waals surface area contributed by atoms with E-state index in [1.165, 1.54) is 32.2 Å². The van der Waals surface area contributed by atoms with Gasteiger partial charge in [-0.1, -0.05) is 6.92 Å². The number of hydrogen-bond acceptors (Lipinski definition) is 3. The molecule has 2 aliphatic heterocycles. The molecule has 1 atom stereocenters. The molecular weight excluding hydrogens is 391 g/mol. The first-order chi connectivity index (χ1) is 10.2. The van der Waals surface area contributed by atoms with Crippen LogP contribution in [0, 0.1) is 5.92 Å². The van der Waals surface area contributed by atoms with Crippen LogP contribution in [0.3, 0.4) is 0 Å². The van der Waals surface area contributed by atoms with Gasteiger partial charge in [-0.15, -0.1) is 24.0 Å². The lowest BCUT2D eigenvalue weighted by molar-refractivity contribution is 0.141. The third-order valence-electron chi connectivity index (χ3n) is 4.87. The third kappa shape index (κ3) is 5.85. The molecule has 0 amide bonds. The molecule has 1 unspecified atom stereocenters. The Labute approximate surface area is 152 Å². The summed E-state index contributed by atoms with van der Waals surface area (Å²) >= 11 is 0. The molecule has 2 aliphatic rings. The fourth-order valence-electron chi connectivity index (χ4n) is 3.39. The first-order valence-electron chi connectivity index (χ1n) is 8.43. The zero-order valence-electron chi connectivity index (χ0n) is 14.4. The zero-order valence-corrected chi connectivity index (χ0v) is 16.7. The van der Waals surface area contributed by atoms with E-state index in [1.54, 1.807) is 7.11 Å². The highest BCUT2D eigenvalue weighted by Gasteiger charge is 2.25. The van der Waals surface area contributed by atoms with E-state index in [0.717, 1.165) is 44.7 Å². The first kappa shape index (κ1) is 20.0. The largest absolute Gasteiger partial charge is 0.383 e. The van der Waals surface area contributed by atoms with Gasteiger partial charge in [0.2, 0.25) is 0 Å². The average Bonchev–Trinajstić information content (AvgIpc) is 2.95. The number of rotatable bonds is 5. The molecule has 2 rings (SSSR count). The topological polar surface area (TPSA) is 40.1 Å². The predicted molar refractivity (Wildman–Crippen MR) is 103 cm³/mol. The average molecular weight is 424 g/mol. The Kier molecular flexibility index (Phi) is 9.66. The van der Waals surface area contributed by atoms with Gasteiger partial charge in [-0.3, -0.25) is 9.89 Å². The first-order valence-corrected chi connectivity index (χ1v) is 8.43. The van der Waals surface area contributed by atoms with E-state index >= 15 is 0 Å². The molecule has 0 spiro atoms. The summed E-state index contributed by atoms with van der Waals surface area (Å²) in [5, 5.41) is 3.60. The monoisotopic (exact) mass is 424 g/mol. The van der Waals surface area contributed by atoms with E-state index in [0.29, 0.717) is 6.04 Å². The van der Waals surface area contributed by atoms with Crippen molar-refractivity contribution in [2.24, 2.45) is 10.9 Å². The molecule has 0 aliphatic carbocycles. The zero-order chi connectivity index (χ0) is 15.1. The van der Waals surface area contributed by atoms with Crippen molar-refractivity contribution in [3.63, 3.8) is 0 Å². The van der Waals surface area contributed by atoms with Crippen molar-refractivity contribution < 1.29 is 4.74 Å². The molecule has 0 aromatic heterocycles. The third-order valence-corrected chi connectivity index (χ3v) is 4.87. The summed E-state index contributed by atoms with van der Waals surface area (Å²) in [5.74, 6) is 1.94. The van der Waals surface area contributed by atoms with Crippen molar-refractivity contribution in [1.82, 2.24) is 15.1 Å². The van der Waals surface area contributed by atoms with Crippen LogP contribution in [0.1, 0.15) is 32.6 Å². The van der Waals surface area contributed by atoms with Gasteiger partial charge in [0.05, 0.1) is 6.61 Å². The van der Waals surface area contributed by atoms with E-state index < -0.39 is 0 Å². The van der Waals surface area contributed by atoms with E-state index in [-0.39, 0.29) is 24.0 Å². The van der Waals surface area contributed by atoms with Crippen molar-refractivity contribution in [1.29, 1.82) is 0 Å². The number of hydrogen-bond donors (Lipinski definition) is 1. The molecule has 2 saturated heterocycles. The maximum absolute atomic E-state index is 5.21. The van der Waals surface area contributed by atoms with Crippen LogP contribution in [0.5, 0.6) is 0 Å². The normalized spacial score (nSPS) is 24.4. The Bertz CT molecular complexity index is 332. The van der Waals surface area contributed by atoms with E-state index in [4.69, 9.17) is 4.74 Å². The van der Waals surface area contributed by atoms with Gasteiger partial charge < -0.3 is 15.0 Å². The molecule has 22 heavy (non-hydrogen) atoms. The highest BCUT2D eigenvalue weighted by molar-refractivity contribution is 14.0. The van der Waals surface area contributed by atoms with E-state index in [2.05, 4.69) is 27.0 Å². The molecule has 130 valence electrons. The van der Waals surface area contributed by atoms with Crippen LogP contribution < -0.4 is 5.32 Å². The number of nitrogens with one attached hydrogen (secondary N) is 1. The molecule has 2 fully saturated rings. The van der Waals surface area contributed by atoms with Crippen molar-refractivity contribution in [2.45, 2.75) is 38.6 Å². The smallest absolute Gasteiger partial charge is 0.193 e. The molecule has 0 radical (unpaired) electrons. The second kappa shape index (κ2) is 10.6. The van der Waals surface area contributed by atoms with Crippen LogP contribution in [0.25, 0.3) is 0 Å². The fraction of sp³-hybridized carbons (Fsp3) is 0.938. The molecule has 0 saturated carbocycles. The second-order valence-corrected chi connectivity index (χ2v) is 6.42. The van der Waals surface area contributed by atoms with Gasteiger partial charge >= 0.3 is 0 Å². The van der Waals surface area contributed by atoms with Crippen LogP contribution in [-0.2, 0) is 4.74 Å². The van der Waals surface area contributed by atoms with Crippen molar-refractivity contribution in [3.8, 4) is 0 Å². The molecule has 0 aromatic carbocycles. The summed E-state index contributed by atoms with van der Waals surface area (Å²) in [5.41, 5.74) is 0. The summed E-state index contributed by atoms with van der Waals surface area (Å²) in [6.45, 7) is 8.70. The quantitative estimate of drug-likeness (QED) is 0.417. The second-order valence-electron chi connectivity index (χ2n) is 6.42. The number of ether oxygens (including phenoxy) is 1. The molecular formula is C16H33IN4O. The molecule has 5 nitrogen and oxygen atoms in total. The number of halogens is 1. The van der Waals surface area contributed by atoms with E-state index in [1.807, 2.05) is 7.05 Å². The Morgan fingerprint density at radius 2 is 1.95 bits per heavy atom. The summed E-state index contributed by atoms with van der Waals surface area (Å²) in [6.07, 6.45) is 5.15. The fourth-order valence-corrected chi connectivity index (χ4v) is 3.39. The standard InChI is InChI=1S/C16H32N4O.HI/c1-14-6-9-20(10-7-14)16(17-2)18-13-15-5-4-8-19(15)11-12-21-3;/h14-15H,4-13H2,1-3H3,(H,17,18);1H. The minimum Gasteiger partial charge on any atom is -0.383 e. The molecule has 0 aromatic rings. The summed E-state index contributed by atoms with van der Waals surface area (Å²) in [4.78, 5) is 9.43. The maximum Gasteiger partial charge on any atom is 0.193 e. The van der Waals surface area contributed by atoms with Crippen molar-refractivity contribution >= 4 is 29.9 Å². The SMILES string of the molecule is CN=C(NCC1CCCN1CCOC)N1CCC(C)CC1.I. The highest BCUT2D eigenvalue weighted by Crippen LogP contribution is 2.17. The Hall–Kier alpha value is -0.0800. The minimum atomic E-state index is 0. The Morgan fingerprint density at radius 3 is 2.59 bits per heavy atom. The number of aliphatic imine (C=N–C) groups is 1. The number of likely N-dealkylation sites (tertiary alicyclic amines) is 2. The van der Waals surface area contributed by atoms with Gasteiger partial charge in [-0.25, -0.2) is 0 Å². The van der Waals surface area contributed by atoms with Gasteiger partial charge in [-0.2, -0.15) is 0 Å². The molecule has 0 bridgehead atoms. The van der Waals surface area contributed by atoms with Gasteiger partial charge in [0, 0.05) is 46.4 Å². The summed E-state index contributed by atoms with van der Waals surface area (Å²) in [7, 11) is 3.68. The van der Waals surface area contributed by atoms with Crippen LogP contribution in [0.2, 0.25) is 0 Å². The highest BCUT2D eigenvalue weighted by atomic mass is 127.